The van der Waals surface area contributed by atoms with E-state index >= 15 is 0 Å². The summed E-state index contributed by atoms with van der Waals surface area (Å²) >= 11 is 0. The van der Waals surface area contributed by atoms with Gasteiger partial charge in [-0.2, -0.15) is 0 Å². The summed E-state index contributed by atoms with van der Waals surface area (Å²) in [5.74, 6) is -0.144. The second kappa shape index (κ2) is 6.50. The Hall–Kier alpha value is -3.21. The molecule has 0 saturated heterocycles. The zero-order valence-corrected chi connectivity index (χ0v) is 13.3. The van der Waals surface area contributed by atoms with Gasteiger partial charge in [0.2, 0.25) is 0 Å². The summed E-state index contributed by atoms with van der Waals surface area (Å²) in [6.07, 6.45) is 0. The van der Waals surface area contributed by atoms with Gasteiger partial charge in [-0.15, -0.1) is 0 Å². The Labute approximate surface area is 139 Å². The summed E-state index contributed by atoms with van der Waals surface area (Å²) in [4.78, 5) is 12.3. The van der Waals surface area contributed by atoms with Crippen LogP contribution in [0.25, 0.3) is 22.5 Å². The monoisotopic (exact) mass is 324 g/mol. The number of para-hydroxylation sites is 1. The second-order valence-electron chi connectivity index (χ2n) is 5.05. The molecular formula is C19H16O5. The highest BCUT2D eigenvalue weighted by Gasteiger charge is 2.30. The van der Waals surface area contributed by atoms with Crippen LogP contribution in [0.5, 0.6) is 11.7 Å². The maximum absolute atomic E-state index is 12.3. The number of carbonyl (C=O) groups is 1. The lowest BCUT2D eigenvalue weighted by molar-refractivity contribution is 0.0595. The average Bonchev–Trinajstić information content (AvgIpc) is 3.01. The lowest BCUT2D eigenvalue weighted by Gasteiger charge is -2.06. The quantitative estimate of drug-likeness (QED) is 0.731. The van der Waals surface area contributed by atoms with Gasteiger partial charge in [0.1, 0.15) is 5.75 Å². The van der Waals surface area contributed by atoms with Crippen LogP contribution in [-0.2, 0) is 4.74 Å². The molecule has 3 aromatic rings. The maximum Gasteiger partial charge on any atom is 0.345 e. The van der Waals surface area contributed by atoms with E-state index in [9.17, 15) is 9.90 Å². The number of ether oxygens (including phenoxy) is 2. The molecule has 1 N–H and O–H groups in total. The molecule has 2 aromatic carbocycles. The predicted molar refractivity (Wildman–Crippen MR) is 89.1 cm³/mol. The van der Waals surface area contributed by atoms with Crippen LogP contribution in [0.4, 0.5) is 0 Å². The SMILES string of the molecule is COC(=O)c1c(OC)oc(-c2ccccc2O)c1-c1ccccc1. The number of phenols is 1. The molecule has 24 heavy (non-hydrogen) atoms. The molecule has 0 atom stereocenters. The van der Waals surface area contributed by atoms with Gasteiger partial charge in [0.25, 0.3) is 5.95 Å². The highest BCUT2D eigenvalue weighted by atomic mass is 16.6. The van der Waals surface area contributed by atoms with E-state index in [1.54, 1.807) is 24.3 Å². The third-order valence-corrected chi connectivity index (χ3v) is 3.66. The van der Waals surface area contributed by atoms with Crippen molar-refractivity contribution in [2.45, 2.75) is 0 Å². The Morgan fingerprint density at radius 3 is 2.29 bits per heavy atom. The van der Waals surface area contributed by atoms with E-state index in [0.29, 0.717) is 16.9 Å². The van der Waals surface area contributed by atoms with E-state index < -0.39 is 5.97 Å². The molecule has 0 bridgehead atoms. The standard InChI is InChI=1S/C19H16O5/c1-22-18(21)16-15(12-8-4-3-5-9-12)17(24-19(16)23-2)13-10-6-7-11-14(13)20/h3-11,20H,1-2H3. The Kier molecular flexibility index (Phi) is 4.24. The van der Waals surface area contributed by atoms with Crippen molar-refractivity contribution in [2.24, 2.45) is 0 Å². The van der Waals surface area contributed by atoms with Gasteiger partial charge < -0.3 is 19.0 Å². The minimum atomic E-state index is -0.573. The lowest BCUT2D eigenvalue weighted by Crippen LogP contribution is -2.03. The predicted octanol–water partition coefficient (Wildman–Crippen LogP) is 4.11. The Morgan fingerprint density at radius 1 is 1.00 bits per heavy atom. The van der Waals surface area contributed by atoms with Crippen molar-refractivity contribution in [1.29, 1.82) is 0 Å². The van der Waals surface area contributed by atoms with E-state index in [-0.39, 0.29) is 17.3 Å². The van der Waals surface area contributed by atoms with Crippen LogP contribution in [0, 0.1) is 0 Å². The average molecular weight is 324 g/mol. The highest BCUT2D eigenvalue weighted by Crippen LogP contribution is 2.45. The topological polar surface area (TPSA) is 68.9 Å². The molecule has 0 fully saturated rings. The van der Waals surface area contributed by atoms with Gasteiger partial charge in [-0.1, -0.05) is 42.5 Å². The number of furan rings is 1. The summed E-state index contributed by atoms with van der Waals surface area (Å²) < 4.78 is 15.9. The lowest BCUT2D eigenvalue weighted by atomic mass is 9.97. The zero-order valence-electron chi connectivity index (χ0n) is 13.3. The minimum absolute atomic E-state index is 0.0407. The van der Waals surface area contributed by atoms with Crippen LogP contribution in [-0.4, -0.2) is 25.3 Å². The van der Waals surface area contributed by atoms with E-state index in [4.69, 9.17) is 13.9 Å². The summed E-state index contributed by atoms with van der Waals surface area (Å²) in [5.41, 5.74) is 1.92. The molecule has 5 nitrogen and oxygen atoms in total. The molecule has 0 spiro atoms. The van der Waals surface area contributed by atoms with E-state index in [0.717, 1.165) is 5.56 Å². The molecule has 0 aliphatic rings. The molecule has 0 amide bonds. The smallest absolute Gasteiger partial charge is 0.345 e. The Balaban J connectivity index is 2.36. The maximum atomic E-state index is 12.3. The third-order valence-electron chi connectivity index (χ3n) is 3.66. The van der Waals surface area contributed by atoms with Crippen LogP contribution in [0.1, 0.15) is 10.4 Å². The first-order chi connectivity index (χ1) is 11.7. The van der Waals surface area contributed by atoms with Crippen molar-refractivity contribution in [2.75, 3.05) is 14.2 Å². The van der Waals surface area contributed by atoms with Gasteiger partial charge in [-0.05, 0) is 17.7 Å². The molecule has 0 aliphatic heterocycles. The van der Waals surface area contributed by atoms with Crippen molar-refractivity contribution in [3.8, 4) is 34.1 Å². The number of hydrogen-bond acceptors (Lipinski definition) is 5. The zero-order chi connectivity index (χ0) is 17.1. The Bertz CT molecular complexity index is 865. The number of phenolic OH excluding ortho intramolecular Hbond substituents is 1. The molecule has 0 saturated carbocycles. The summed E-state index contributed by atoms with van der Waals surface area (Å²) in [7, 11) is 2.71. The minimum Gasteiger partial charge on any atom is -0.507 e. The number of aromatic hydroxyl groups is 1. The summed E-state index contributed by atoms with van der Waals surface area (Å²) in [6, 6.07) is 16.0. The van der Waals surface area contributed by atoms with Gasteiger partial charge in [-0.3, -0.25) is 0 Å². The van der Waals surface area contributed by atoms with Crippen LogP contribution in [0.15, 0.2) is 59.0 Å². The highest BCUT2D eigenvalue weighted by molar-refractivity contribution is 6.03. The first-order valence-electron chi connectivity index (χ1n) is 7.30. The van der Waals surface area contributed by atoms with Crippen molar-refractivity contribution in [3.05, 3.63) is 60.2 Å². The van der Waals surface area contributed by atoms with Crippen molar-refractivity contribution < 1.29 is 23.8 Å². The number of rotatable bonds is 4. The molecular weight excluding hydrogens is 308 g/mol. The van der Waals surface area contributed by atoms with Crippen LogP contribution in [0.3, 0.4) is 0 Å². The van der Waals surface area contributed by atoms with Crippen LogP contribution < -0.4 is 4.74 Å². The normalized spacial score (nSPS) is 10.4. The van der Waals surface area contributed by atoms with Crippen molar-refractivity contribution >= 4 is 5.97 Å². The number of hydrogen-bond donors (Lipinski definition) is 1. The van der Waals surface area contributed by atoms with E-state index in [1.807, 2.05) is 30.3 Å². The van der Waals surface area contributed by atoms with Crippen LogP contribution in [0.2, 0.25) is 0 Å². The number of benzene rings is 2. The molecule has 3 rings (SSSR count). The number of carbonyl (C=O) groups excluding carboxylic acids is 1. The van der Waals surface area contributed by atoms with Crippen LogP contribution >= 0.6 is 0 Å². The fraction of sp³-hybridized carbons (Fsp3) is 0.105. The van der Waals surface area contributed by atoms with E-state index in [1.165, 1.54) is 14.2 Å². The molecule has 122 valence electrons. The van der Waals surface area contributed by atoms with Crippen molar-refractivity contribution in [3.63, 3.8) is 0 Å². The fourth-order valence-electron chi connectivity index (χ4n) is 2.58. The van der Waals surface area contributed by atoms with Gasteiger partial charge in [0.15, 0.2) is 11.3 Å². The largest absolute Gasteiger partial charge is 0.507 e. The summed E-state index contributed by atoms with van der Waals surface area (Å²) in [5, 5.41) is 10.2. The molecule has 0 unspecified atom stereocenters. The fourth-order valence-corrected chi connectivity index (χ4v) is 2.58. The second-order valence-corrected chi connectivity index (χ2v) is 5.05. The first kappa shape index (κ1) is 15.7. The molecule has 1 heterocycles. The number of esters is 1. The number of methoxy groups -OCH3 is 2. The molecule has 1 aromatic heterocycles. The third kappa shape index (κ3) is 2.60. The molecule has 5 heteroatoms. The van der Waals surface area contributed by atoms with E-state index in [2.05, 4.69) is 0 Å². The molecule has 0 radical (unpaired) electrons. The summed E-state index contributed by atoms with van der Waals surface area (Å²) in [6.45, 7) is 0. The van der Waals surface area contributed by atoms with Gasteiger partial charge >= 0.3 is 5.97 Å². The van der Waals surface area contributed by atoms with Gasteiger partial charge in [-0.25, -0.2) is 4.79 Å². The Morgan fingerprint density at radius 2 is 1.67 bits per heavy atom. The molecule has 0 aliphatic carbocycles. The van der Waals surface area contributed by atoms with Crippen molar-refractivity contribution in [1.82, 2.24) is 0 Å². The van der Waals surface area contributed by atoms with Gasteiger partial charge in [0, 0.05) is 5.56 Å². The first-order valence-corrected chi connectivity index (χ1v) is 7.30. The van der Waals surface area contributed by atoms with Gasteiger partial charge in [0.05, 0.1) is 19.8 Å².